The van der Waals surface area contributed by atoms with Crippen LogP contribution in [-0.4, -0.2) is 24.0 Å². The lowest BCUT2D eigenvalue weighted by Crippen LogP contribution is -2.57. The lowest BCUT2D eigenvalue weighted by atomic mass is 9.89. The molecule has 0 saturated carbocycles. The molecule has 168 valence electrons. The fourth-order valence-corrected chi connectivity index (χ4v) is 4.43. The number of hydrogen-bond donors (Lipinski definition) is 1. The molecule has 4 nitrogen and oxygen atoms in total. The van der Waals surface area contributed by atoms with Crippen LogP contribution in [0.25, 0.3) is 0 Å². The van der Waals surface area contributed by atoms with Crippen LogP contribution in [0, 0.1) is 0 Å². The summed E-state index contributed by atoms with van der Waals surface area (Å²) >= 11 is 0. The summed E-state index contributed by atoms with van der Waals surface area (Å²) in [6, 6.07) is 16.2. The average molecular weight is 423 g/mol. The van der Waals surface area contributed by atoms with Gasteiger partial charge in [-0.3, -0.25) is 4.79 Å². The maximum Gasteiger partial charge on any atom is 0.258 e. The van der Waals surface area contributed by atoms with Crippen LogP contribution in [0.5, 0.6) is 5.75 Å². The summed E-state index contributed by atoms with van der Waals surface area (Å²) in [5, 5.41) is 3.72. The second-order valence-corrected chi connectivity index (χ2v) is 8.48. The number of hydrogen-bond acceptors (Lipinski definition) is 3. The van der Waals surface area contributed by atoms with Crippen LogP contribution in [0.15, 0.2) is 48.5 Å². The molecule has 0 fully saturated rings. The van der Waals surface area contributed by atoms with Crippen molar-refractivity contribution >= 4 is 11.6 Å². The van der Waals surface area contributed by atoms with Crippen LogP contribution in [0.2, 0.25) is 0 Å². The molecule has 1 aliphatic heterocycles. The number of nitrogens with one attached hydrogen (secondary N) is 1. The van der Waals surface area contributed by atoms with Gasteiger partial charge in [-0.1, -0.05) is 77.1 Å². The minimum Gasteiger partial charge on any atom is -0.494 e. The molecule has 1 aliphatic rings. The third-order valence-corrected chi connectivity index (χ3v) is 6.30. The van der Waals surface area contributed by atoms with Crippen molar-refractivity contribution in [1.82, 2.24) is 4.90 Å². The molecule has 31 heavy (non-hydrogen) atoms. The molecule has 1 atom stereocenters. The monoisotopic (exact) mass is 422 g/mol. The lowest BCUT2D eigenvalue weighted by Gasteiger charge is -2.48. The smallest absolute Gasteiger partial charge is 0.258 e. The van der Waals surface area contributed by atoms with Gasteiger partial charge >= 0.3 is 0 Å². The molecule has 1 heterocycles. The first-order chi connectivity index (χ1) is 15.2. The highest BCUT2D eigenvalue weighted by Gasteiger charge is 2.44. The summed E-state index contributed by atoms with van der Waals surface area (Å²) in [6.07, 6.45) is 8.99. The number of para-hydroxylation sites is 1. The zero-order valence-corrected chi connectivity index (χ0v) is 19.5. The molecule has 2 aromatic rings. The molecule has 4 heteroatoms. The highest BCUT2D eigenvalue weighted by molar-refractivity contribution is 6.02. The Kier molecular flexibility index (Phi) is 8.39. The van der Waals surface area contributed by atoms with Gasteiger partial charge < -0.3 is 15.0 Å². The molecule has 3 rings (SSSR count). The quantitative estimate of drug-likeness (QED) is 0.376. The second kappa shape index (κ2) is 11.2. The molecule has 1 amide bonds. The number of carbonyl (C=O) groups is 1. The van der Waals surface area contributed by atoms with Gasteiger partial charge in [0.25, 0.3) is 5.91 Å². The summed E-state index contributed by atoms with van der Waals surface area (Å²) in [6.45, 7) is 8.04. The van der Waals surface area contributed by atoms with E-state index in [0.29, 0.717) is 0 Å². The molecule has 0 aliphatic carbocycles. The molecule has 1 unspecified atom stereocenters. The largest absolute Gasteiger partial charge is 0.494 e. The molecule has 0 spiro atoms. The van der Waals surface area contributed by atoms with Crippen LogP contribution in [0.3, 0.4) is 0 Å². The first-order valence-corrected chi connectivity index (χ1v) is 12.1. The van der Waals surface area contributed by atoms with E-state index in [1.54, 1.807) is 0 Å². The van der Waals surface area contributed by atoms with Gasteiger partial charge in [0.15, 0.2) is 0 Å². The van der Waals surface area contributed by atoms with Crippen LogP contribution < -0.4 is 10.1 Å². The van der Waals surface area contributed by atoms with Crippen molar-refractivity contribution in [3.8, 4) is 5.75 Å². The molecule has 2 aromatic carbocycles. The van der Waals surface area contributed by atoms with Gasteiger partial charge in [-0.25, -0.2) is 0 Å². The Hall–Kier alpha value is -2.49. The Morgan fingerprint density at radius 3 is 2.29 bits per heavy atom. The van der Waals surface area contributed by atoms with Crippen LogP contribution in [0.4, 0.5) is 5.69 Å². The molecular formula is C27H38N2O2. The van der Waals surface area contributed by atoms with Gasteiger partial charge in [-0.05, 0) is 49.1 Å². The van der Waals surface area contributed by atoms with Crippen LogP contribution in [-0.2, 0) is 5.66 Å². The van der Waals surface area contributed by atoms with Crippen LogP contribution >= 0.6 is 0 Å². The third-order valence-electron chi connectivity index (χ3n) is 6.30. The van der Waals surface area contributed by atoms with E-state index in [9.17, 15) is 4.79 Å². The Labute approximate surface area is 188 Å². The maximum absolute atomic E-state index is 13.4. The van der Waals surface area contributed by atoms with Crippen molar-refractivity contribution < 1.29 is 9.53 Å². The Balaban J connectivity index is 1.79. The molecule has 1 N–H and O–H groups in total. The van der Waals surface area contributed by atoms with E-state index in [4.69, 9.17) is 4.74 Å². The van der Waals surface area contributed by atoms with Crippen molar-refractivity contribution in [2.24, 2.45) is 0 Å². The second-order valence-electron chi connectivity index (χ2n) is 8.48. The third kappa shape index (κ3) is 5.23. The average Bonchev–Trinajstić information content (AvgIpc) is 2.81. The zero-order chi connectivity index (χ0) is 22.1. The van der Waals surface area contributed by atoms with Gasteiger partial charge in [-0.15, -0.1) is 0 Å². The lowest BCUT2D eigenvalue weighted by molar-refractivity contribution is 0.0478. The van der Waals surface area contributed by atoms with Gasteiger partial charge in [0.1, 0.15) is 11.4 Å². The number of nitrogens with zero attached hydrogens (tertiary/aromatic N) is 1. The standard InChI is InChI=1S/C27H38N2O2/c1-4-7-9-10-13-21-31-23-18-16-22(17-19-23)27(6-3)28-25-15-12-11-14-24(25)26(30)29(27)20-8-5-2/h11-12,14-19,28H,4-10,13,20-21H2,1-3H3. The molecular weight excluding hydrogens is 384 g/mol. The fourth-order valence-electron chi connectivity index (χ4n) is 4.43. The Morgan fingerprint density at radius 1 is 0.871 bits per heavy atom. The summed E-state index contributed by atoms with van der Waals surface area (Å²) in [5.41, 5.74) is 2.23. The number of ether oxygens (including phenoxy) is 1. The highest BCUT2D eigenvalue weighted by Crippen LogP contribution is 2.40. The van der Waals surface area contributed by atoms with E-state index in [2.05, 4.69) is 38.2 Å². The summed E-state index contributed by atoms with van der Waals surface area (Å²) in [7, 11) is 0. The van der Waals surface area contributed by atoms with Crippen molar-refractivity contribution in [1.29, 1.82) is 0 Å². The number of benzene rings is 2. The van der Waals surface area contributed by atoms with Gasteiger partial charge in [0.2, 0.25) is 0 Å². The minimum atomic E-state index is -0.542. The molecule has 0 saturated heterocycles. The Morgan fingerprint density at radius 2 is 1.58 bits per heavy atom. The number of rotatable bonds is 12. The molecule has 0 radical (unpaired) electrons. The molecule has 0 aromatic heterocycles. The predicted octanol–water partition coefficient (Wildman–Crippen LogP) is 6.97. The maximum atomic E-state index is 13.4. The van der Waals surface area contributed by atoms with E-state index in [1.165, 1.54) is 25.7 Å². The topological polar surface area (TPSA) is 41.6 Å². The summed E-state index contributed by atoms with van der Waals surface area (Å²) in [5.74, 6) is 1.00. The van der Waals surface area contributed by atoms with E-state index in [-0.39, 0.29) is 5.91 Å². The number of unbranched alkanes of at least 4 members (excludes halogenated alkanes) is 5. The SMILES string of the molecule is CCCCCCCOc1ccc(C2(CC)Nc3ccccc3C(=O)N2CCCC)cc1. The molecule has 0 bridgehead atoms. The van der Waals surface area contributed by atoms with E-state index < -0.39 is 5.66 Å². The number of amides is 1. The van der Waals surface area contributed by atoms with Gasteiger partial charge in [-0.2, -0.15) is 0 Å². The zero-order valence-electron chi connectivity index (χ0n) is 19.5. The summed E-state index contributed by atoms with van der Waals surface area (Å²) in [4.78, 5) is 15.5. The first-order valence-electron chi connectivity index (χ1n) is 12.1. The van der Waals surface area contributed by atoms with E-state index in [0.717, 1.165) is 61.4 Å². The van der Waals surface area contributed by atoms with Crippen molar-refractivity contribution in [2.45, 2.75) is 77.8 Å². The van der Waals surface area contributed by atoms with Gasteiger partial charge in [0, 0.05) is 12.2 Å². The fraction of sp³-hybridized carbons (Fsp3) is 0.519. The van der Waals surface area contributed by atoms with Crippen molar-refractivity contribution in [3.63, 3.8) is 0 Å². The van der Waals surface area contributed by atoms with Gasteiger partial charge in [0.05, 0.1) is 12.2 Å². The van der Waals surface area contributed by atoms with Crippen molar-refractivity contribution in [2.75, 3.05) is 18.5 Å². The predicted molar refractivity (Wildman–Crippen MR) is 129 cm³/mol. The minimum absolute atomic E-state index is 0.108. The van der Waals surface area contributed by atoms with E-state index >= 15 is 0 Å². The van der Waals surface area contributed by atoms with E-state index in [1.807, 2.05) is 41.3 Å². The number of anilines is 1. The number of carbonyl (C=O) groups excluding carboxylic acids is 1. The van der Waals surface area contributed by atoms with Crippen LogP contribution in [0.1, 0.15) is 88.1 Å². The summed E-state index contributed by atoms with van der Waals surface area (Å²) < 4.78 is 5.96. The normalized spacial score (nSPS) is 17.9. The highest BCUT2D eigenvalue weighted by atomic mass is 16.5. The first kappa shape index (κ1) is 23.2. The Bertz CT molecular complexity index is 833. The number of fused-ring (bicyclic) bond motifs is 1. The van der Waals surface area contributed by atoms with Crippen molar-refractivity contribution in [3.05, 3.63) is 59.7 Å².